The summed E-state index contributed by atoms with van der Waals surface area (Å²) in [5.41, 5.74) is 5.51. The van der Waals surface area contributed by atoms with Crippen LogP contribution in [0.4, 0.5) is 4.79 Å². The van der Waals surface area contributed by atoms with E-state index in [1.54, 1.807) is 14.0 Å². The molecular weight excluding hydrogens is 853 g/mol. The number of carbonyl (C=O) groups excluding carboxylic acids is 3. The Morgan fingerprint density at radius 3 is 2.45 bits per heavy atom. The molecule has 2 unspecified atom stereocenters. The number of methoxy groups -OCH3 is 2. The highest BCUT2D eigenvalue weighted by atomic mass is 32.2. The van der Waals surface area contributed by atoms with Gasteiger partial charge in [-0.05, 0) is 60.7 Å². The monoisotopic (exact) mass is 904 g/mol. The average Bonchev–Trinajstić information content (AvgIpc) is 3.92. The molecule has 1 amide bonds. The molecular formula is C49H52N4O11S. The number of benzene rings is 3. The van der Waals surface area contributed by atoms with Gasteiger partial charge in [-0.1, -0.05) is 67.3 Å². The summed E-state index contributed by atoms with van der Waals surface area (Å²) >= 11 is 1.49. The molecule has 3 aromatic carbocycles. The molecule has 0 aromatic heterocycles. The zero-order chi connectivity index (χ0) is 45.7. The summed E-state index contributed by atoms with van der Waals surface area (Å²) in [6.45, 7) is 6.39. The Bertz CT molecular complexity index is 2510. The van der Waals surface area contributed by atoms with Gasteiger partial charge < -0.3 is 43.6 Å². The summed E-state index contributed by atoms with van der Waals surface area (Å²) in [6.07, 6.45) is 0.921. The van der Waals surface area contributed by atoms with Crippen LogP contribution >= 0.6 is 11.8 Å². The number of carbonyl (C=O) groups is 3. The first-order chi connectivity index (χ1) is 31.5. The number of fused-ring (bicyclic) bond motifs is 11. The van der Waals surface area contributed by atoms with Gasteiger partial charge in [-0.2, -0.15) is 17.0 Å². The van der Waals surface area contributed by atoms with E-state index in [1.807, 2.05) is 49.2 Å². The predicted octanol–water partition coefficient (Wildman–Crippen LogP) is 5.45. The number of ether oxygens (including phenoxy) is 7. The van der Waals surface area contributed by atoms with E-state index in [1.165, 1.54) is 47.2 Å². The number of thioether (sulfide) groups is 1. The number of aliphatic hydroxyl groups is 1. The molecule has 4 aliphatic heterocycles. The van der Waals surface area contributed by atoms with Crippen LogP contribution in [0.25, 0.3) is 11.1 Å². The maximum atomic E-state index is 14.6. The summed E-state index contributed by atoms with van der Waals surface area (Å²) < 4.78 is 40.9. The third-order valence-electron chi connectivity index (χ3n) is 13.7. The lowest BCUT2D eigenvalue weighted by Crippen LogP contribution is -2.74. The van der Waals surface area contributed by atoms with Crippen LogP contribution in [0, 0.1) is 18.3 Å². The topological polar surface area (TPSA) is 178 Å². The number of amides is 1. The number of nitriles is 1. The molecule has 2 bridgehead atoms. The zero-order valence-electron chi connectivity index (χ0n) is 37.0. The van der Waals surface area contributed by atoms with E-state index in [-0.39, 0.29) is 67.0 Å². The van der Waals surface area contributed by atoms with Gasteiger partial charge in [0.25, 0.3) is 0 Å². The number of hydrogen-bond donors (Lipinski definition) is 2. The Kier molecular flexibility index (Phi) is 12.2. The third-order valence-corrected chi connectivity index (χ3v) is 14.8. The SMILES string of the molecule is C=CCOC(=O)NC(CSCC1c2ccccc2-c2ccccc21)C(=O)OC[C@H]1C2=C3OCOC3=C(C)C(=O)C2(O)C[C@H]2[C@H]3c4c(cc(C)c(OC)c4OCOC)C[C@@H]([C@H](C#N)N12)N3C. The number of nitrogens with zero attached hydrogens (tertiary/aromatic N) is 3. The molecule has 0 radical (unpaired) electrons. The minimum Gasteiger partial charge on any atom is -0.493 e. The van der Waals surface area contributed by atoms with Crippen LogP contribution in [-0.4, -0.2) is 128 Å². The molecule has 0 spiro atoms. The van der Waals surface area contributed by atoms with Crippen molar-refractivity contribution in [2.45, 2.75) is 74.5 Å². The molecule has 65 heavy (non-hydrogen) atoms. The molecule has 4 heterocycles. The number of esters is 1. The number of rotatable bonds is 14. The highest BCUT2D eigenvalue weighted by Crippen LogP contribution is 2.57. The smallest absolute Gasteiger partial charge is 0.408 e. The number of piperazine rings is 1. The quantitative estimate of drug-likeness (QED) is 0.119. The minimum absolute atomic E-state index is 0.0549. The van der Waals surface area contributed by atoms with E-state index in [0.717, 1.165) is 16.7 Å². The van der Waals surface area contributed by atoms with Crippen LogP contribution in [0.15, 0.2) is 89.9 Å². The van der Waals surface area contributed by atoms with Gasteiger partial charge in [-0.15, -0.1) is 0 Å². The predicted molar refractivity (Wildman–Crippen MR) is 239 cm³/mol. The van der Waals surface area contributed by atoms with Crippen LogP contribution in [0.2, 0.25) is 0 Å². The first-order valence-corrected chi connectivity index (χ1v) is 22.8. The minimum atomic E-state index is -2.14. The molecule has 340 valence electrons. The van der Waals surface area contributed by atoms with E-state index in [9.17, 15) is 24.8 Å². The second-order valence-corrected chi connectivity index (χ2v) is 18.2. The van der Waals surface area contributed by atoms with Crippen molar-refractivity contribution >= 4 is 29.6 Å². The van der Waals surface area contributed by atoms with Gasteiger partial charge in [0.15, 0.2) is 41.2 Å². The van der Waals surface area contributed by atoms with Crippen molar-refractivity contribution in [3.63, 3.8) is 0 Å². The molecule has 7 atom stereocenters. The maximum Gasteiger partial charge on any atom is 0.408 e. The van der Waals surface area contributed by atoms with Crippen molar-refractivity contribution in [1.82, 2.24) is 15.1 Å². The summed E-state index contributed by atoms with van der Waals surface area (Å²) in [4.78, 5) is 46.2. The van der Waals surface area contributed by atoms with Crippen LogP contribution in [-0.2, 0) is 39.7 Å². The van der Waals surface area contributed by atoms with E-state index >= 15 is 0 Å². The summed E-state index contributed by atoms with van der Waals surface area (Å²) in [7, 11) is 5.03. The number of likely N-dealkylation sites (N-methyl/N-ethyl adjacent to an activating group) is 1. The number of piperidine rings is 1. The number of alkyl carbamates (subject to hydrolysis) is 1. The molecule has 16 heteroatoms. The Labute approximate surface area is 381 Å². The first-order valence-electron chi connectivity index (χ1n) is 21.6. The molecule has 6 aliphatic rings. The van der Waals surface area contributed by atoms with Gasteiger partial charge in [-0.25, -0.2) is 9.59 Å². The van der Waals surface area contributed by atoms with Crippen molar-refractivity contribution in [2.75, 3.05) is 59.6 Å². The fraction of sp³-hybridized carbons (Fsp3) is 0.429. The van der Waals surface area contributed by atoms with Gasteiger partial charge in [0.2, 0.25) is 6.79 Å². The van der Waals surface area contributed by atoms with Crippen molar-refractivity contribution < 1.29 is 52.6 Å². The first kappa shape index (κ1) is 44.4. The summed E-state index contributed by atoms with van der Waals surface area (Å²) in [5, 5.41) is 26.8. The number of hydrogen-bond acceptors (Lipinski definition) is 15. The third kappa shape index (κ3) is 7.34. The Balaban J connectivity index is 1.07. The molecule has 2 N–H and O–H groups in total. The molecule has 2 aliphatic carbocycles. The fourth-order valence-electron chi connectivity index (χ4n) is 11.0. The van der Waals surface area contributed by atoms with Crippen molar-refractivity contribution in [3.05, 3.63) is 118 Å². The Morgan fingerprint density at radius 2 is 1.77 bits per heavy atom. The Morgan fingerprint density at radius 1 is 1.06 bits per heavy atom. The lowest BCUT2D eigenvalue weighted by atomic mass is 9.65. The zero-order valence-corrected chi connectivity index (χ0v) is 37.8. The standard InChI is InChI=1S/C49H52N4O11S/c1-7-16-60-48(56)51-34(23-65-22-33-31-14-10-8-12-29(31)30-13-9-11-15-32(30)33)47(55)61-21-38-40-45-43(63-25-64-45)27(3)46(54)49(40,57)19-36-41-39-28(18-35(52(41)4)37(20-50)53(36)38)17-26(2)42(59-6)44(39)62-24-58-5/h7-15,17,33-38,41,57H,1,16,18-19,21-25H2,2-6H3,(H,51,56)/t34?,35-,36-,37-,38-,41-,49?/m0/s1. The van der Waals surface area contributed by atoms with E-state index in [4.69, 9.17) is 33.2 Å². The maximum absolute atomic E-state index is 14.6. The fourth-order valence-corrected chi connectivity index (χ4v) is 12.2. The summed E-state index contributed by atoms with van der Waals surface area (Å²) in [5.74, 6) is 0.825. The molecule has 3 saturated heterocycles. The van der Waals surface area contributed by atoms with Crippen LogP contribution in [0.1, 0.15) is 53.1 Å². The average molecular weight is 905 g/mol. The van der Waals surface area contributed by atoms with Gasteiger partial charge in [0.1, 0.15) is 25.3 Å². The van der Waals surface area contributed by atoms with E-state index in [2.05, 4.69) is 47.1 Å². The Hall–Kier alpha value is -5.83. The number of ketones is 1. The number of nitrogens with one attached hydrogen (secondary N) is 1. The van der Waals surface area contributed by atoms with Gasteiger partial charge in [0, 0.05) is 59.7 Å². The van der Waals surface area contributed by atoms with E-state index in [0.29, 0.717) is 23.7 Å². The normalized spacial score (nSPS) is 25.6. The molecule has 15 nitrogen and oxygen atoms in total. The van der Waals surface area contributed by atoms with Crippen molar-refractivity contribution in [3.8, 4) is 28.7 Å². The second-order valence-electron chi connectivity index (χ2n) is 17.1. The largest absolute Gasteiger partial charge is 0.493 e. The number of Topliss-reactive ketones (excluding diaryl/α,β-unsaturated/α-hetero) is 1. The molecule has 9 rings (SSSR count). The van der Waals surface area contributed by atoms with Gasteiger partial charge in [-0.3, -0.25) is 14.6 Å². The van der Waals surface area contributed by atoms with E-state index < -0.39 is 60.3 Å². The second kappa shape index (κ2) is 17.9. The van der Waals surface area contributed by atoms with Crippen LogP contribution in [0.3, 0.4) is 0 Å². The van der Waals surface area contributed by atoms with Crippen LogP contribution < -0.4 is 14.8 Å². The number of aryl methyl sites for hydroxylation is 1. The lowest BCUT2D eigenvalue weighted by Gasteiger charge is -2.62. The summed E-state index contributed by atoms with van der Waals surface area (Å²) in [6, 6.07) is 16.5. The lowest BCUT2D eigenvalue weighted by molar-refractivity contribution is -0.159. The molecule has 3 aromatic rings. The van der Waals surface area contributed by atoms with Crippen molar-refractivity contribution in [2.24, 2.45) is 0 Å². The van der Waals surface area contributed by atoms with Gasteiger partial charge >= 0.3 is 12.1 Å². The van der Waals surface area contributed by atoms with Gasteiger partial charge in [0.05, 0.1) is 25.3 Å². The molecule has 3 fully saturated rings. The van der Waals surface area contributed by atoms with Crippen LogP contribution in [0.5, 0.6) is 11.5 Å². The highest BCUT2D eigenvalue weighted by molar-refractivity contribution is 7.99. The van der Waals surface area contributed by atoms with Crippen molar-refractivity contribution in [1.29, 1.82) is 5.26 Å². The highest BCUT2D eigenvalue weighted by Gasteiger charge is 2.64. The molecule has 0 saturated carbocycles.